The van der Waals surface area contributed by atoms with Gasteiger partial charge in [0.25, 0.3) is 0 Å². The van der Waals surface area contributed by atoms with E-state index >= 15 is 0 Å². The Bertz CT molecular complexity index is 425. The van der Waals surface area contributed by atoms with Crippen molar-refractivity contribution in [3.05, 3.63) is 0 Å². The van der Waals surface area contributed by atoms with Gasteiger partial charge >= 0.3 is 0 Å². The lowest BCUT2D eigenvalue weighted by molar-refractivity contribution is -0.123. The minimum Gasteiger partial charge on any atom is -0.273 e. The predicted octanol–water partition coefficient (Wildman–Crippen LogP) is 3.42. The smallest absolute Gasteiger partial charge is 0.240 e. The maximum Gasteiger partial charge on any atom is 0.240 e. The Morgan fingerprint density at radius 1 is 0.667 bits per heavy atom. The van der Waals surface area contributed by atoms with E-state index in [0.717, 1.165) is 37.1 Å². The van der Waals surface area contributed by atoms with E-state index in [1.807, 2.05) is 0 Å². The third-order valence-corrected chi connectivity index (χ3v) is 4.60. The summed E-state index contributed by atoms with van der Waals surface area (Å²) >= 11 is 0. The first kappa shape index (κ1) is 18.6. The molecule has 0 aliphatic heterocycles. The molecule has 24 heavy (non-hydrogen) atoms. The Balaban J connectivity index is 1.52. The third kappa shape index (κ3) is 7.70. The number of hydrogen-bond donors (Lipinski definition) is 2. The van der Waals surface area contributed by atoms with Crippen LogP contribution in [0.25, 0.3) is 0 Å². The van der Waals surface area contributed by atoms with Crippen molar-refractivity contribution in [3.8, 4) is 0 Å². The van der Waals surface area contributed by atoms with Crippen LogP contribution in [-0.4, -0.2) is 23.2 Å². The largest absolute Gasteiger partial charge is 0.273 e. The standard InChI is InChI=1S/C18H30N4O2/c23-17(21-19-15-9-3-1-4-10-15)13-7-8-14-18(24)22-20-16-11-5-2-6-12-16/h1-14H2,(H,21,23)(H,22,24). The van der Waals surface area contributed by atoms with Crippen LogP contribution in [0.3, 0.4) is 0 Å². The molecule has 0 unspecified atom stereocenters. The van der Waals surface area contributed by atoms with Gasteiger partial charge in [0.1, 0.15) is 0 Å². The molecule has 2 N–H and O–H groups in total. The van der Waals surface area contributed by atoms with Crippen molar-refractivity contribution in [2.75, 3.05) is 0 Å². The topological polar surface area (TPSA) is 82.9 Å². The van der Waals surface area contributed by atoms with Gasteiger partial charge in [-0.05, 0) is 64.2 Å². The van der Waals surface area contributed by atoms with Gasteiger partial charge in [-0.2, -0.15) is 10.2 Å². The summed E-state index contributed by atoms with van der Waals surface area (Å²) in [5.41, 5.74) is 7.49. The molecule has 2 aliphatic carbocycles. The van der Waals surface area contributed by atoms with Crippen LogP contribution in [0.1, 0.15) is 89.9 Å². The molecule has 6 heteroatoms. The molecule has 2 aliphatic rings. The Labute approximate surface area is 144 Å². The number of amides is 2. The van der Waals surface area contributed by atoms with Gasteiger partial charge in [-0.15, -0.1) is 0 Å². The summed E-state index contributed by atoms with van der Waals surface area (Å²) in [5, 5.41) is 8.40. The first-order chi connectivity index (χ1) is 11.7. The van der Waals surface area contributed by atoms with Crippen molar-refractivity contribution in [1.29, 1.82) is 0 Å². The van der Waals surface area contributed by atoms with Crippen molar-refractivity contribution in [2.45, 2.75) is 89.9 Å². The highest BCUT2D eigenvalue weighted by atomic mass is 16.2. The highest BCUT2D eigenvalue weighted by Gasteiger charge is 2.09. The van der Waals surface area contributed by atoms with Crippen LogP contribution in [0.5, 0.6) is 0 Å². The van der Waals surface area contributed by atoms with Crippen LogP contribution >= 0.6 is 0 Å². The van der Waals surface area contributed by atoms with Crippen LogP contribution in [0, 0.1) is 0 Å². The molecular weight excluding hydrogens is 304 g/mol. The van der Waals surface area contributed by atoms with Crippen molar-refractivity contribution in [1.82, 2.24) is 10.9 Å². The second kappa shape index (κ2) is 10.9. The van der Waals surface area contributed by atoms with Crippen LogP contribution in [0.2, 0.25) is 0 Å². The lowest BCUT2D eigenvalue weighted by Gasteiger charge is -2.12. The number of hydrazone groups is 2. The molecule has 0 heterocycles. The molecule has 0 atom stereocenters. The molecule has 6 nitrogen and oxygen atoms in total. The quantitative estimate of drug-likeness (QED) is 0.552. The molecular formula is C18H30N4O2. The highest BCUT2D eigenvalue weighted by molar-refractivity contribution is 5.87. The van der Waals surface area contributed by atoms with Crippen LogP contribution in [-0.2, 0) is 9.59 Å². The van der Waals surface area contributed by atoms with E-state index in [1.165, 1.54) is 38.5 Å². The summed E-state index contributed by atoms with van der Waals surface area (Å²) in [6.07, 6.45) is 13.5. The Morgan fingerprint density at radius 2 is 1.04 bits per heavy atom. The number of carbonyl (C=O) groups excluding carboxylic acids is 2. The minimum absolute atomic E-state index is 0.0593. The van der Waals surface area contributed by atoms with Gasteiger partial charge in [0.15, 0.2) is 0 Å². The zero-order valence-corrected chi connectivity index (χ0v) is 14.6. The molecule has 0 aromatic rings. The molecule has 0 radical (unpaired) electrons. The number of hydrogen-bond acceptors (Lipinski definition) is 4. The maximum absolute atomic E-state index is 11.7. The molecule has 2 amide bonds. The summed E-state index contributed by atoms with van der Waals surface area (Å²) in [5.74, 6) is -0.119. The first-order valence-corrected chi connectivity index (χ1v) is 9.42. The monoisotopic (exact) mass is 334 g/mol. The van der Waals surface area contributed by atoms with E-state index < -0.39 is 0 Å². The first-order valence-electron chi connectivity index (χ1n) is 9.42. The molecule has 2 rings (SSSR count). The lowest BCUT2D eigenvalue weighted by atomic mass is 9.99. The summed E-state index contributed by atoms with van der Waals surface area (Å²) in [4.78, 5) is 23.4. The predicted molar refractivity (Wildman–Crippen MR) is 95.8 cm³/mol. The summed E-state index contributed by atoms with van der Waals surface area (Å²) < 4.78 is 0. The van der Waals surface area contributed by atoms with E-state index in [1.54, 1.807) is 0 Å². The fourth-order valence-corrected chi connectivity index (χ4v) is 3.11. The molecule has 2 saturated carbocycles. The van der Waals surface area contributed by atoms with E-state index in [9.17, 15) is 9.59 Å². The van der Waals surface area contributed by atoms with Gasteiger partial charge in [0.05, 0.1) is 0 Å². The molecule has 0 aromatic heterocycles. The molecule has 0 aromatic carbocycles. The van der Waals surface area contributed by atoms with Crippen LogP contribution in [0.4, 0.5) is 0 Å². The van der Waals surface area contributed by atoms with Gasteiger partial charge in [-0.3, -0.25) is 9.59 Å². The molecule has 0 bridgehead atoms. The summed E-state index contributed by atoms with van der Waals surface area (Å²) in [6, 6.07) is 0. The third-order valence-electron chi connectivity index (χ3n) is 4.60. The average molecular weight is 334 g/mol. The molecule has 0 spiro atoms. The fourth-order valence-electron chi connectivity index (χ4n) is 3.11. The minimum atomic E-state index is -0.0593. The van der Waals surface area contributed by atoms with Crippen molar-refractivity contribution < 1.29 is 9.59 Å². The van der Waals surface area contributed by atoms with Crippen molar-refractivity contribution in [3.63, 3.8) is 0 Å². The SMILES string of the molecule is O=C(CCCCC(=O)NN=C1CCCCC1)NN=C1CCCCC1. The number of carbonyl (C=O) groups is 2. The summed E-state index contributed by atoms with van der Waals surface area (Å²) in [7, 11) is 0. The Morgan fingerprint density at radius 3 is 1.42 bits per heavy atom. The fraction of sp³-hybridized carbons (Fsp3) is 0.778. The van der Waals surface area contributed by atoms with E-state index in [4.69, 9.17) is 0 Å². The van der Waals surface area contributed by atoms with E-state index in [-0.39, 0.29) is 11.8 Å². The zero-order valence-electron chi connectivity index (χ0n) is 14.6. The normalized spacial score (nSPS) is 18.0. The zero-order chi connectivity index (χ0) is 17.0. The van der Waals surface area contributed by atoms with Crippen molar-refractivity contribution >= 4 is 23.2 Å². The van der Waals surface area contributed by atoms with Crippen LogP contribution in [0.15, 0.2) is 10.2 Å². The van der Waals surface area contributed by atoms with Gasteiger partial charge in [-0.25, -0.2) is 10.9 Å². The van der Waals surface area contributed by atoms with E-state index in [0.29, 0.717) is 25.7 Å². The average Bonchev–Trinajstić information content (AvgIpc) is 2.63. The van der Waals surface area contributed by atoms with Gasteiger partial charge < -0.3 is 0 Å². The molecule has 0 saturated heterocycles. The van der Waals surface area contributed by atoms with Gasteiger partial charge in [0, 0.05) is 24.3 Å². The number of nitrogens with zero attached hydrogens (tertiary/aromatic N) is 2. The molecule has 134 valence electrons. The number of rotatable bonds is 7. The van der Waals surface area contributed by atoms with Crippen molar-refractivity contribution in [2.24, 2.45) is 10.2 Å². The number of unbranched alkanes of at least 4 members (excludes halogenated alkanes) is 1. The second-order valence-corrected chi connectivity index (χ2v) is 6.75. The van der Waals surface area contributed by atoms with Gasteiger partial charge in [-0.1, -0.05) is 12.8 Å². The summed E-state index contributed by atoms with van der Waals surface area (Å²) in [6.45, 7) is 0. The Hall–Kier alpha value is -1.72. The lowest BCUT2D eigenvalue weighted by Crippen LogP contribution is -2.21. The van der Waals surface area contributed by atoms with Crippen LogP contribution < -0.4 is 10.9 Å². The highest BCUT2D eigenvalue weighted by Crippen LogP contribution is 2.15. The maximum atomic E-state index is 11.7. The second-order valence-electron chi connectivity index (χ2n) is 6.75. The Kier molecular flexibility index (Phi) is 8.49. The number of nitrogens with one attached hydrogen (secondary N) is 2. The molecule has 2 fully saturated rings. The van der Waals surface area contributed by atoms with Gasteiger partial charge in [0.2, 0.25) is 11.8 Å². The van der Waals surface area contributed by atoms with E-state index in [2.05, 4.69) is 21.1 Å².